The van der Waals surface area contributed by atoms with Crippen LogP contribution in [0, 0.1) is 0 Å². The van der Waals surface area contributed by atoms with E-state index < -0.39 is 0 Å². The quantitative estimate of drug-likeness (QED) is 0.866. The Bertz CT molecular complexity index is 553. The highest BCUT2D eigenvalue weighted by molar-refractivity contribution is 9.10. The van der Waals surface area contributed by atoms with E-state index in [2.05, 4.69) is 21.0 Å². The monoisotopic (exact) mass is 315 g/mol. The summed E-state index contributed by atoms with van der Waals surface area (Å²) in [5.41, 5.74) is 7.06. The maximum Gasteiger partial charge on any atom is 0.107 e. The van der Waals surface area contributed by atoms with Crippen molar-refractivity contribution in [3.63, 3.8) is 0 Å². The van der Waals surface area contributed by atoms with Gasteiger partial charge in [-0.2, -0.15) is 5.10 Å². The summed E-state index contributed by atoms with van der Waals surface area (Å²) < 4.78 is 2.55. The number of aromatic nitrogens is 2. The summed E-state index contributed by atoms with van der Waals surface area (Å²) in [7, 11) is 0. The van der Waals surface area contributed by atoms with Crippen LogP contribution in [-0.2, 0) is 0 Å². The summed E-state index contributed by atoms with van der Waals surface area (Å²) in [5.74, 6) is 0. The Morgan fingerprint density at radius 3 is 2.81 bits per heavy atom. The average molecular weight is 317 g/mol. The second-order valence-corrected chi connectivity index (χ2v) is 4.86. The predicted molar refractivity (Wildman–Crippen MR) is 72.2 cm³/mol. The Morgan fingerprint density at radius 1 is 1.50 bits per heavy atom. The molecule has 6 heteroatoms. The van der Waals surface area contributed by atoms with Crippen LogP contribution in [0.25, 0.3) is 5.69 Å². The molecule has 0 aliphatic carbocycles. The highest BCUT2D eigenvalue weighted by atomic mass is 79.9. The molecule has 3 nitrogen and oxygen atoms in total. The third kappa shape index (κ3) is 2.11. The fourth-order valence-electron chi connectivity index (χ4n) is 1.38. The summed E-state index contributed by atoms with van der Waals surface area (Å²) in [5, 5.41) is 4.69. The van der Waals surface area contributed by atoms with E-state index in [1.165, 1.54) is 0 Å². The van der Waals surface area contributed by atoms with Crippen LogP contribution in [0.2, 0.25) is 5.02 Å². The van der Waals surface area contributed by atoms with Gasteiger partial charge in [0, 0.05) is 6.20 Å². The van der Waals surface area contributed by atoms with E-state index >= 15 is 0 Å². The lowest BCUT2D eigenvalue weighted by Crippen LogP contribution is -2.14. The van der Waals surface area contributed by atoms with Crippen LogP contribution in [0.1, 0.15) is 5.56 Å². The Morgan fingerprint density at radius 2 is 2.25 bits per heavy atom. The first-order valence-corrected chi connectivity index (χ1v) is 5.96. The van der Waals surface area contributed by atoms with E-state index in [9.17, 15) is 0 Å². The molecule has 1 aromatic heterocycles. The Kier molecular flexibility index (Phi) is 3.28. The van der Waals surface area contributed by atoms with Gasteiger partial charge >= 0.3 is 0 Å². The van der Waals surface area contributed by atoms with Gasteiger partial charge in [-0.25, -0.2) is 4.68 Å². The van der Waals surface area contributed by atoms with Crippen molar-refractivity contribution in [2.45, 2.75) is 0 Å². The van der Waals surface area contributed by atoms with Crippen LogP contribution < -0.4 is 5.73 Å². The average Bonchev–Trinajstić information content (AvgIpc) is 2.63. The lowest BCUT2D eigenvalue weighted by atomic mass is 10.2. The normalized spacial score (nSPS) is 10.4. The summed E-state index contributed by atoms with van der Waals surface area (Å²) in [4.78, 5) is 0.257. The number of benzene rings is 1. The maximum absolute atomic E-state index is 6.06. The zero-order valence-electron chi connectivity index (χ0n) is 8.02. The van der Waals surface area contributed by atoms with Crippen LogP contribution in [-0.4, -0.2) is 14.8 Å². The molecule has 2 rings (SSSR count). The van der Waals surface area contributed by atoms with E-state index in [0.717, 1.165) is 10.2 Å². The van der Waals surface area contributed by atoms with Gasteiger partial charge in [-0.05, 0) is 28.1 Å². The number of hydrogen-bond acceptors (Lipinski definition) is 2. The fourth-order valence-corrected chi connectivity index (χ4v) is 2.21. The maximum atomic E-state index is 6.06. The second-order valence-electron chi connectivity index (χ2n) is 3.10. The Hall–Kier alpha value is -0.910. The molecule has 0 bridgehead atoms. The molecule has 0 spiro atoms. The van der Waals surface area contributed by atoms with Gasteiger partial charge in [0.2, 0.25) is 0 Å². The van der Waals surface area contributed by atoms with Gasteiger partial charge in [0.15, 0.2) is 0 Å². The minimum absolute atomic E-state index is 0.257. The molecule has 2 aromatic rings. The van der Waals surface area contributed by atoms with Gasteiger partial charge in [0.1, 0.15) is 4.99 Å². The van der Waals surface area contributed by atoms with Crippen molar-refractivity contribution >= 4 is 44.7 Å². The summed E-state index contributed by atoms with van der Waals surface area (Å²) in [6, 6.07) is 5.44. The molecule has 0 unspecified atom stereocenters. The van der Waals surface area contributed by atoms with Crippen molar-refractivity contribution in [2.75, 3.05) is 0 Å². The number of rotatable bonds is 2. The first-order chi connectivity index (χ1) is 7.59. The zero-order chi connectivity index (χ0) is 11.7. The molecule has 0 fully saturated rings. The molecule has 0 saturated heterocycles. The molecular weight excluding hydrogens is 310 g/mol. The molecule has 0 radical (unpaired) electrons. The van der Waals surface area contributed by atoms with Crippen molar-refractivity contribution in [1.29, 1.82) is 0 Å². The molecule has 0 atom stereocenters. The van der Waals surface area contributed by atoms with Crippen LogP contribution in [0.15, 0.2) is 35.1 Å². The molecule has 2 N–H and O–H groups in total. The second kappa shape index (κ2) is 4.53. The van der Waals surface area contributed by atoms with Gasteiger partial charge in [-0.1, -0.05) is 29.9 Å². The van der Waals surface area contributed by atoms with Crippen LogP contribution in [0.3, 0.4) is 0 Å². The molecule has 0 saturated carbocycles. The van der Waals surface area contributed by atoms with Crippen LogP contribution in [0.4, 0.5) is 0 Å². The van der Waals surface area contributed by atoms with E-state index in [1.54, 1.807) is 16.9 Å². The van der Waals surface area contributed by atoms with Crippen molar-refractivity contribution in [3.8, 4) is 5.69 Å². The number of hydrogen-bond donors (Lipinski definition) is 1. The summed E-state index contributed by atoms with van der Waals surface area (Å²) >= 11 is 14.4. The van der Waals surface area contributed by atoms with E-state index in [4.69, 9.17) is 29.6 Å². The molecule has 82 valence electrons. The van der Waals surface area contributed by atoms with Crippen molar-refractivity contribution in [1.82, 2.24) is 9.78 Å². The number of nitrogens with two attached hydrogens (primary N) is 1. The largest absolute Gasteiger partial charge is 0.389 e. The molecule has 1 heterocycles. The lowest BCUT2D eigenvalue weighted by molar-refractivity contribution is 0.878. The summed E-state index contributed by atoms with van der Waals surface area (Å²) in [6.07, 6.45) is 3.50. The minimum atomic E-state index is 0.257. The van der Waals surface area contributed by atoms with Gasteiger partial charge in [-0.15, -0.1) is 0 Å². The van der Waals surface area contributed by atoms with Crippen molar-refractivity contribution in [3.05, 3.63) is 45.7 Å². The number of halogens is 2. The van der Waals surface area contributed by atoms with Gasteiger partial charge in [-0.3, -0.25) is 0 Å². The van der Waals surface area contributed by atoms with Gasteiger partial charge < -0.3 is 5.73 Å². The zero-order valence-corrected chi connectivity index (χ0v) is 11.2. The fraction of sp³-hybridized carbons (Fsp3) is 0. The predicted octanol–water partition coefficient (Wildman–Crippen LogP) is 2.92. The first-order valence-electron chi connectivity index (χ1n) is 4.38. The highest BCUT2D eigenvalue weighted by Gasteiger charge is 2.11. The number of nitrogens with zero attached hydrogens (tertiary/aromatic N) is 2. The topological polar surface area (TPSA) is 43.8 Å². The van der Waals surface area contributed by atoms with Crippen molar-refractivity contribution < 1.29 is 0 Å². The van der Waals surface area contributed by atoms with E-state index in [0.29, 0.717) is 10.6 Å². The van der Waals surface area contributed by atoms with E-state index in [-0.39, 0.29) is 4.99 Å². The highest BCUT2D eigenvalue weighted by Crippen LogP contribution is 2.23. The van der Waals surface area contributed by atoms with Crippen molar-refractivity contribution in [2.24, 2.45) is 5.73 Å². The standard InChI is InChI=1S/C10H7BrClN3S/c11-6-4-14-15(5-6)8-3-1-2-7(12)9(8)10(13)16/h1-5H,(H2,13,16). The molecule has 0 aliphatic rings. The SMILES string of the molecule is NC(=S)c1c(Cl)cccc1-n1cc(Br)cn1. The smallest absolute Gasteiger partial charge is 0.107 e. The van der Waals surface area contributed by atoms with Gasteiger partial charge in [0.05, 0.1) is 26.9 Å². The lowest BCUT2D eigenvalue weighted by Gasteiger charge is -2.09. The summed E-state index contributed by atoms with van der Waals surface area (Å²) in [6.45, 7) is 0. The Labute approximate surface area is 111 Å². The molecule has 0 amide bonds. The van der Waals surface area contributed by atoms with Crippen LogP contribution >= 0.6 is 39.7 Å². The molecule has 16 heavy (non-hydrogen) atoms. The van der Waals surface area contributed by atoms with E-state index in [1.807, 2.05) is 18.3 Å². The Balaban J connectivity index is 2.65. The van der Waals surface area contributed by atoms with Gasteiger partial charge in [0.25, 0.3) is 0 Å². The molecule has 0 aliphatic heterocycles. The first kappa shape index (κ1) is 11.6. The third-order valence-electron chi connectivity index (χ3n) is 2.04. The third-order valence-corrected chi connectivity index (χ3v) is 2.96. The minimum Gasteiger partial charge on any atom is -0.389 e. The number of thiocarbonyl (C=S) groups is 1. The molecular formula is C10H7BrClN3S. The molecule has 1 aromatic carbocycles. The van der Waals surface area contributed by atoms with Crippen LogP contribution in [0.5, 0.6) is 0 Å².